The summed E-state index contributed by atoms with van der Waals surface area (Å²) in [5, 5.41) is 11.4. The lowest BCUT2D eigenvalue weighted by molar-refractivity contribution is -0.149. The standard InChI is InChI=1S/C12H20N4O5S/c13-6(5-22)10(18)15-7(4-9(14)17)11(19)16-3-1-2-8(16)12(20)21/h6-8,22H,1-5,13H2,(H2,14,17)(H,15,18)(H,20,21). The van der Waals surface area contributed by atoms with Gasteiger partial charge in [0, 0.05) is 12.3 Å². The number of aliphatic carboxylic acids is 1. The van der Waals surface area contributed by atoms with Crippen LogP contribution in [0.15, 0.2) is 0 Å². The van der Waals surface area contributed by atoms with Crippen molar-refractivity contribution in [2.45, 2.75) is 37.4 Å². The molecule has 0 saturated carbocycles. The number of hydrogen-bond donors (Lipinski definition) is 5. The van der Waals surface area contributed by atoms with E-state index < -0.39 is 48.2 Å². The number of carbonyl (C=O) groups is 4. The number of carboxylic acid groups (broad SMARTS) is 1. The minimum atomic E-state index is -1.23. The van der Waals surface area contributed by atoms with Crippen LogP contribution in [-0.4, -0.2) is 64.1 Å². The van der Waals surface area contributed by atoms with Gasteiger partial charge in [-0.05, 0) is 12.8 Å². The van der Waals surface area contributed by atoms with Crippen LogP contribution >= 0.6 is 12.6 Å². The van der Waals surface area contributed by atoms with Gasteiger partial charge in [0.2, 0.25) is 17.7 Å². The quantitative estimate of drug-likeness (QED) is 0.329. The summed E-state index contributed by atoms with van der Waals surface area (Å²) in [7, 11) is 0. The predicted octanol–water partition coefficient (Wildman–Crippen LogP) is -2.32. The Labute approximate surface area is 132 Å². The largest absolute Gasteiger partial charge is 0.480 e. The predicted molar refractivity (Wildman–Crippen MR) is 79.9 cm³/mol. The van der Waals surface area contributed by atoms with Gasteiger partial charge in [0.25, 0.3) is 0 Å². The molecule has 1 aliphatic rings. The molecule has 0 aromatic rings. The van der Waals surface area contributed by atoms with Crippen LogP contribution in [-0.2, 0) is 19.2 Å². The van der Waals surface area contributed by atoms with Gasteiger partial charge in [0.05, 0.1) is 12.5 Å². The summed E-state index contributed by atoms with van der Waals surface area (Å²) in [4.78, 5) is 47.6. The summed E-state index contributed by atoms with van der Waals surface area (Å²) in [5.41, 5.74) is 10.6. The molecular formula is C12H20N4O5S. The fraction of sp³-hybridized carbons (Fsp3) is 0.667. The molecule has 3 unspecified atom stereocenters. The second kappa shape index (κ2) is 7.99. The zero-order chi connectivity index (χ0) is 16.9. The molecule has 1 heterocycles. The van der Waals surface area contributed by atoms with Crippen molar-refractivity contribution in [3.63, 3.8) is 0 Å². The third kappa shape index (κ3) is 4.60. The summed E-state index contributed by atoms with van der Waals surface area (Å²) in [5.74, 6) is -3.15. The minimum absolute atomic E-state index is 0.0603. The van der Waals surface area contributed by atoms with E-state index in [0.717, 1.165) is 4.90 Å². The smallest absolute Gasteiger partial charge is 0.326 e. The van der Waals surface area contributed by atoms with Gasteiger partial charge in [-0.2, -0.15) is 12.6 Å². The Morgan fingerprint density at radius 1 is 1.36 bits per heavy atom. The number of likely N-dealkylation sites (tertiary alicyclic amines) is 1. The lowest BCUT2D eigenvalue weighted by Crippen LogP contribution is -2.55. The molecule has 3 amide bonds. The van der Waals surface area contributed by atoms with E-state index in [0.29, 0.717) is 12.8 Å². The van der Waals surface area contributed by atoms with Crippen LogP contribution in [0.25, 0.3) is 0 Å². The van der Waals surface area contributed by atoms with Crippen molar-refractivity contribution in [2.24, 2.45) is 11.5 Å². The molecule has 1 saturated heterocycles. The fourth-order valence-electron chi connectivity index (χ4n) is 2.25. The Kier molecular flexibility index (Phi) is 6.62. The molecule has 3 atom stereocenters. The number of rotatable bonds is 7. The van der Waals surface area contributed by atoms with Crippen molar-refractivity contribution >= 4 is 36.3 Å². The Morgan fingerprint density at radius 2 is 2.00 bits per heavy atom. The normalized spacial score (nSPS) is 20.3. The van der Waals surface area contributed by atoms with Crippen LogP contribution < -0.4 is 16.8 Å². The molecule has 6 N–H and O–H groups in total. The van der Waals surface area contributed by atoms with Gasteiger partial charge in [0.15, 0.2) is 0 Å². The molecule has 0 spiro atoms. The Bertz CT molecular complexity index is 472. The molecule has 0 bridgehead atoms. The first-order valence-electron chi connectivity index (χ1n) is 6.76. The fourth-order valence-corrected chi connectivity index (χ4v) is 2.42. The molecule has 22 heavy (non-hydrogen) atoms. The van der Waals surface area contributed by atoms with Crippen LogP contribution in [0.3, 0.4) is 0 Å². The number of amides is 3. The van der Waals surface area contributed by atoms with E-state index >= 15 is 0 Å². The van der Waals surface area contributed by atoms with E-state index in [1.165, 1.54) is 0 Å². The van der Waals surface area contributed by atoms with Gasteiger partial charge >= 0.3 is 5.97 Å². The molecular weight excluding hydrogens is 312 g/mol. The molecule has 10 heteroatoms. The molecule has 0 aliphatic carbocycles. The van der Waals surface area contributed by atoms with Gasteiger partial charge < -0.3 is 26.8 Å². The molecule has 1 aliphatic heterocycles. The maximum absolute atomic E-state index is 12.4. The van der Waals surface area contributed by atoms with E-state index in [1.807, 2.05) is 0 Å². The molecule has 1 rings (SSSR count). The van der Waals surface area contributed by atoms with Gasteiger partial charge in [-0.1, -0.05) is 0 Å². The third-order valence-electron chi connectivity index (χ3n) is 3.37. The zero-order valence-electron chi connectivity index (χ0n) is 11.9. The molecule has 124 valence electrons. The average molecular weight is 332 g/mol. The lowest BCUT2D eigenvalue weighted by atomic mass is 10.1. The van der Waals surface area contributed by atoms with Crippen LogP contribution in [0.1, 0.15) is 19.3 Å². The summed E-state index contributed by atoms with van der Waals surface area (Å²) >= 11 is 3.88. The highest BCUT2D eigenvalue weighted by atomic mass is 32.1. The van der Waals surface area contributed by atoms with E-state index in [4.69, 9.17) is 16.6 Å². The number of nitrogens with two attached hydrogens (primary N) is 2. The second-order valence-electron chi connectivity index (χ2n) is 5.05. The Balaban J connectivity index is 2.86. The number of carbonyl (C=O) groups excluding carboxylic acids is 3. The van der Waals surface area contributed by atoms with Crippen LogP contribution in [0.4, 0.5) is 0 Å². The molecule has 1 fully saturated rings. The maximum Gasteiger partial charge on any atom is 0.326 e. The summed E-state index contributed by atoms with van der Waals surface area (Å²) in [6, 6.07) is -3.13. The highest BCUT2D eigenvalue weighted by Gasteiger charge is 2.38. The van der Waals surface area contributed by atoms with Crippen LogP contribution in [0, 0.1) is 0 Å². The number of hydrogen-bond acceptors (Lipinski definition) is 6. The topological polar surface area (TPSA) is 156 Å². The maximum atomic E-state index is 12.4. The van der Waals surface area contributed by atoms with Crippen molar-refractivity contribution in [3.8, 4) is 0 Å². The van der Waals surface area contributed by atoms with Crippen molar-refractivity contribution in [2.75, 3.05) is 12.3 Å². The summed E-state index contributed by atoms with van der Waals surface area (Å²) in [6.07, 6.45) is 0.442. The number of carboxylic acids is 1. The van der Waals surface area contributed by atoms with E-state index in [9.17, 15) is 19.2 Å². The molecule has 0 radical (unpaired) electrons. The minimum Gasteiger partial charge on any atom is -0.480 e. The Morgan fingerprint density at radius 3 is 2.50 bits per heavy atom. The summed E-state index contributed by atoms with van der Waals surface area (Å²) < 4.78 is 0. The Hall–Kier alpha value is -1.81. The first kappa shape index (κ1) is 18.2. The first-order valence-corrected chi connectivity index (χ1v) is 7.39. The second-order valence-corrected chi connectivity index (χ2v) is 5.41. The van der Waals surface area contributed by atoms with Gasteiger partial charge in [-0.15, -0.1) is 0 Å². The number of nitrogens with one attached hydrogen (secondary N) is 1. The molecule has 0 aromatic carbocycles. The van der Waals surface area contributed by atoms with E-state index in [1.54, 1.807) is 0 Å². The van der Waals surface area contributed by atoms with Crippen LogP contribution in [0.5, 0.6) is 0 Å². The SMILES string of the molecule is NC(=O)CC(NC(=O)C(N)CS)C(=O)N1CCCC1C(=O)O. The van der Waals surface area contributed by atoms with Gasteiger partial charge in [-0.3, -0.25) is 14.4 Å². The lowest BCUT2D eigenvalue weighted by Gasteiger charge is -2.27. The van der Waals surface area contributed by atoms with Gasteiger partial charge in [0.1, 0.15) is 12.1 Å². The zero-order valence-corrected chi connectivity index (χ0v) is 12.8. The van der Waals surface area contributed by atoms with Crippen molar-refractivity contribution in [3.05, 3.63) is 0 Å². The number of nitrogens with zero attached hydrogens (tertiary/aromatic N) is 1. The molecule has 0 aromatic heterocycles. The monoisotopic (exact) mass is 332 g/mol. The van der Waals surface area contributed by atoms with Crippen LogP contribution in [0.2, 0.25) is 0 Å². The third-order valence-corrected chi connectivity index (χ3v) is 3.77. The first-order chi connectivity index (χ1) is 10.3. The van der Waals surface area contributed by atoms with Crippen molar-refractivity contribution < 1.29 is 24.3 Å². The van der Waals surface area contributed by atoms with Gasteiger partial charge in [-0.25, -0.2) is 4.79 Å². The number of thiol groups is 1. The highest BCUT2D eigenvalue weighted by molar-refractivity contribution is 7.80. The highest BCUT2D eigenvalue weighted by Crippen LogP contribution is 2.19. The van der Waals surface area contributed by atoms with Crippen molar-refractivity contribution in [1.82, 2.24) is 10.2 Å². The van der Waals surface area contributed by atoms with E-state index in [2.05, 4.69) is 17.9 Å². The molecule has 9 nitrogen and oxygen atoms in total. The number of primary amides is 1. The van der Waals surface area contributed by atoms with Crippen molar-refractivity contribution in [1.29, 1.82) is 0 Å². The van der Waals surface area contributed by atoms with E-state index in [-0.39, 0.29) is 12.3 Å². The summed E-state index contributed by atoms with van der Waals surface area (Å²) in [6.45, 7) is 0.250. The average Bonchev–Trinajstić information content (AvgIpc) is 2.93.